The quantitative estimate of drug-likeness (QED) is 0.534. The molecule has 0 aliphatic carbocycles. The highest BCUT2D eigenvalue weighted by Gasteiger charge is 2.18. The van der Waals surface area contributed by atoms with Gasteiger partial charge in [0.1, 0.15) is 0 Å². The molecule has 0 fully saturated rings. The molecule has 2 aromatic carbocycles. The maximum absolute atomic E-state index is 12.7. The monoisotopic (exact) mass is 399 g/mol. The lowest BCUT2D eigenvalue weighted by Crippen LogP contribution is -2.11. The zero-order valence-electron chi connectivity index (χ0n) is 15.5. The van der Waals surface area contributed by atoms with Crippen molar-refractivity contribution in [2.75, 3.05) is 0 Å². The van der Waals surface area contributed by atoms with Crippen LogP contribution < -0.4 is 5.56 Å². The summed E-state index contributed by atoms with van der Waals surface area (Å²) in [5.41, 5.74) is 3.04. The van der Waals surface area contributed by atoms with Crippen molar-refractivity contribution in [3.63, 3.8) is 0 Å². The third-order valence-electron chi connectivity index (χ3n) is 5.08. The van der Waals surface area contributed by atoms with Crippen molar-refractivity contribution in [1.82, 2.24) is 9.97 Å². The van der Waals surface area contributed by atoms with Crippen LogP contribution in [0.2, 0.25) is 0 Å². The number of carbonyl (C=O) groups excluding carboxylic acids is 1. The number of benzene rings is 2. The average molecular weight is 399 g/mol. The van der Waals surface area contributed by atoms with E-state index in [0.29, 0.717) is 22.3 Å². The maximum Gasteiger partial charge on any atom is 0.277 e. The number of fused-ring (bicyclic) bond motifs is 2. The van der Waals surface area contributed by atoms with Crippen LogP contribution in [0.15, 0.2) is 70.5 Å². The van der Waals surface area contributed by atoms with Gasteiger partial charge in [0.15, 0.2) is 5.82 Å². The Balaban J connectivity index is 1.53. The lowest BCUT2D eigenvalue weighted by atomic mass is 9.98. The minimum Gasteiger partial charge on any atom is -0.305 e. The first-order valence-electron chi connectivity index (χ1n) is 9.48. The van der Waals surface area contributed by atoms with Gasteiger partial charge in [-0.2, -0.15) is 0 Å². The van der Waals surface area contributed by atoms with E-state index in [2.05, 4.69) is 15.0 Å². The zero-order chi connectivity index (χ0) is 19.8. The van der Waals surface area contributed by atoms with E-state index in [9.17, 15) is 9.59 Å². The number of H-pyrrole nitrogens is 1. The van der Waals surface area contributed by atoms with Crippen LogP contribution in [-0.4, -0.2) is 21.6 Å². The molecule has 1 N–H and O–H groups in total. The molecule has 5 nitrogen and oxygen atoms in total. The highest BCUT2D eigenvalue weighted by atomic mass is 32.1. The van der Waals surface area contributed by atoms with Gasteiger partial charge >= 0.3 is 0 Å². The summed E-state index contributed by atoms with van der Waals surface area (Å²) in [6, 6.07) is 18.8. The molecule has 0 saturated carbocycles. The molecule has 0 radical (unpaired) electrons. The number of nitrogens with zero attached hydrogens (tertiary/aromatic N) is 2. The first-order valence-corrected chi connectivity index (χ1v) is 10.3. The Hall–Kier alpha value is -3.38. The number of aliphatic imine (C=N–C) groups is 1. The van der Waals surface area contributed by atoms with Crippen molar-refractivity contribution in [2.24, 2.45) is 4.99 Å². The summed E-state index contributed by atoms with van der Waals surface area (Å²) in [4.78, 5) is 38.7. The number of aromatic amines is 1. The number of hydrogen-bond donors (Lipinski definition) is 1. The highest BCUT2D eigenvalue weighted by Crippen LogP contribution is 2.28. The summed E-state index contributed by atoms with van der Waals surface area (Å²) < 4.78 is 0. The van der Waals surface area contributed by atoms with E-state index >= 15 is 0 Å². The maximum atomic E-state index is 12.7. The van der Waals surface area contributed by atoms with Crippen LogP contribution in [-0.2, 0) is 6.42 Å². The Morgan fingerprint density at radius 1 is 0.862 bits per heavy atom. The third-order valence-corrected chi connectivity index (χ3v) is 6.22. The topological polar surface area (TPSA) is 75.2 Å². The molecule has 142 valence electrons. The molecular formula is C23H17N3O2S. The smallest absolute Gasteiger partial charge is 0.277 e. The predicted octanol–water partition coefficient (Wildman–Crippen LogP) is 4.62. The molecule has 1 amide bonds. The van der Waals surface area contributed by atoms with E-state index in [0.717, 1.165) is 40.3 Å². The molecule has 3 heterocycles. The molecular weight excluding hydrogens is 382 g/mol. The molecule has 4 aromatic rings. The van der Waals surface area contributed by atoms with Gasteiger partial charge in [0.2, 0.25) is 0 Å². The number of nitrogens with one attached hydrogen (secondary N) is 1. The Morgan fingerprint density at radius 3 is 2.59 bits per heavy atom. The lowest BCUT2D eigenvalue weighted by Gasteiger charge is -2.12. The second kappa shape index (κ2) is 7.22. The van der Waals surface area contributed by atoms with E-state index in [1.54, 1.807) is 6.07 Å². The van der Waals surface area contributed by atoms with Gasteiger partial charge in [-0.1, -0.05) is 30.3 Å². The number of rotatable bonds is 2. The third kappa shape index (κ3) is 3.32. The molecule has 6 heteroatoms. The van der Waals surface area contributed by atoms with Gasteiger partial charge < -0.3 is 4.98 Å². The molecule has 1 aliphatic heterocycles. The van der Waals surface area contributed by atoms with E-state index in [4.69, 9.17) is 0 Å². The summed E-state index contributed by atoms with van der Waals surface area (Å²) in [6.07, 6.45) is 2.53. The second-order valence-electron chi connectivity index (χ2n) is 6.97. The number of thiophene rings is 1. The van der Waals surface area contributed by atoms with Crippen LogP contribution in [0.4, 0.5) is 0 Å². The minimum atomic E-state index is -0.192. The Morgan fingerprint density at radius 2 is 1.66 bits per heavy atom. The van der Waals surface area contributed by atoms with Crippen LogP contribution in [0.5, 0.6) is 0 Å². The molecule has 0 atom stereocenters. The fourth-order valence-electron chi connectivity index (χ4n) is 3.63. The summed E-state index contributed by atoms with van der Waals surface area (Å²) in [7, 11) is 0. The number of hydrogen-bond acceptors (Lipinski definition) is 4. The van der Waals surface area contributed by atoms with E-state index in [1.807, 2.05) is 54.6 Å². The van der Waals surface area contributed by atoms with Gasteiger partial charge in [-0.25, -0.2) is 9.98 Å². The molecule has 0 spiro atoms. The fraction of sp³-hybridized carbons (Fsp3) is 0.130. The summed E-state index contributed by atoms with van der Waals surface area (Å²) in [6.45, 7) is 0. The van der Waals surface area contributed by atoms with Gasteiger partial charge in [0, 0.05) is 10.4 Å². The van der Waals surface area contributed by atoms with Crippen molar-refractivity contribution >= 4 is 33.9 Å². The average Bonchev–Trinajstić information content (AvgIpc) is 3.22. The van der Waals surface area contributed by atoms with Crippen LogP contribution >= 0.6 is 11.3 Å². The number of amides is 1. The SMILES string of the molecule is O=C1N=C(c2ccc(-c3nc4ccccc4c(=O)[nH]3)s2)CCCc2ccccc21. The first-order chi connectivity index (χ1) is 14.2. The van der Waals surface area contributed by atoms with Crippen LogP contribution in [0, 0.1) is 0 Å². The number of aryl methyl sites for hydroxylation is 1. The number of para-hydroxylation sites is 1. The van der Waals surface area contributed by atoms with Crippen LogP contribution in [0.1, 0.15) is 33.6 Å². The van der Waals surface area contributed by atoms with Gasteiger partial charge in [-0.05, 0) is 55.2 Å². The highest BCUT2D eigenvalue weighted by molar-refractivity contribution is 7.17. The van der Waals surface area contributed by atoms with Gasteiger partial charge in [-0.3, -0.25) is 9.59 Å². The van der Waals surface area contributed by atoms with Gasteiger partial charge in [-0.15, -0.1) is 11.3 Å². The molecule has 5 rings (SSSR count). The molecule has 1 aliphatic rings. The van der Waals surface area contributed by atoms with Crippen molar-refractivity contribution < 1.29 is 4.79 Å². The summed E-state index contributed by atoms with van der Waals surface area (Å²) >= 11 is 1.49. The molecule has 0 unspecified atom stereocenters. The normalized spacial score (nSPS) is 14.2. The van der Waals surface area contributed by atoms with Crippen LogP contribution in [0.25, 0.3) is 21.6 Å². The Labute approximate surface area is 170 Å². The van der Waals surface area contributed by atoms with Crippen molar-refractivity contribution in [2.45, 2.75) is 19.3 Å². The summed E-state index contributed by atoms with van der Waals surface area (Å²) in [5, 5.41) is 0.571. The van der Waals surface area contributed by atoms with Crippen LogP contribution in [0.3, 0.4) is 0 Å². The van der Waals surface area contributed by atoms with E-state index in [1.165, 1.54) is 11.3 Å². The Bertz CT molecular complexity index is 1330. The number of aromatic nitrogens is 2. The predicted molar refractivity (Wildman–Crippen MR) is 116 cm³/mol. The lowest BCUT2D eigenvalue weighted by molar-refractivity contribution is 0.100. The second-order valence-corrected chi connectivity index (χ2v) is 8.05. The van der Waals surface area contributed by atoms with Gasteiger partial charge in [0.05, 0.1) is 21.5 Å². The molecule has 29 heavy (non-hydrogen) atoms. The summed E-state index contributed by atoms with van der Waals surface area (Å²) in [5.74, 6) is 0.343. The standard InChI is InChI=1S/C23H17N3O2S/c27-22-15-8-2-1-6-14(15)7-5-11-18(25-22)19-12-13-20(29-19)21-24-17-10-4-3-9-16(17)23(28)26-21/h1-4,6,8-10,12-13H,5,7,11H2,(H,24,26,28). The zero-order valence-corrected chi connectivity index (χ0v) is 16.3. The van der Waals surface area contributed by atoms with E-state index < -0.39 is 0 Å². The van der Waals surface area contributed by atoms with Crippen molar-refractivity contribution in [1.29, 1.82) is 0 Å². The number of carbonyl (C=O) groups is 1. The largest absolute Gasteiger partial charge is 0.305 e. The fourth-order valence-corrected chi connectivity index (χ4v) is 4.60. The van der Waals surface area contributed by atoms with E-state index in [-0.39, 0.29) is 11.5 Å². The van der Waals surface area contributed by atoms with Gasteiger partial charge in [0.25, 0.3) is 11.5 Å². The Kier molecular flexibility index (Phi) is 4.41. The first kappa shape index (κ1) is 17.7. The minimum absolute atomic E-state index is 0.157. The molecule has 0 saturated heterocycles. The molecule has 2 aromatic heterocycles. The molecule has 0 bridgehead atoms. The van der Waals surface area contributed by atoms with Crippen molar-refractivity contribution in [3.05, 3.63) is 87.0 Å². The van der Waals surface area contributed by atoms with Crippen molar-refractivity contribution in [3.8, 4) is 10.7 Å².